The molecule has 92 valence electrons. The van der Waals surface area contributed by atoms with Crippen LogP contribution in [0.2, 0.25) is 0 Å². The second-order valence-corrected chi connectivity index (χ2v) is 4.14. The number of rotatable bonds is 7. The van der Waals surface area contributed by atoms with Crippen molar-refractivity contribution < 1.29 is 14.7 Å². The van der Waals surface area contributed by atoms with Gasteiger partial charge in [-0.3, -0.25) is 4.79 Å². The van der Waals surface area contributed by atoms with E-state index in [0.29, 0.717) is 18.0 Å². The lowest BCUT2D eigenvalue weighted by Gasteiger charge is -2.13. The molecule has 4 nitrogen and oxygen atoms in total. The lowest BCUT2D eigenvalue weighted by Crippen LogP contribution is -2.21. The van der Waals surface area contributed by atoms with E-state index in [-0.39, 0.29) is 5.91 Å². The van der Waals surface area contributed by atoms with Crippen LogP contribution in [0.1, 0.15) is 46.5 Å². The van der Waals surface area contributed by atoms with Gasteiger partial charge < -0.3 is 10.4 Å². The van der Waals surface area contributed by atoms with Crippen LogP contribution in [-0.2, 0) is 9.59 Å². The summed E-state index contributed by atoms with van der Waals surface area (Å²) in [6.07, 6.45) is 4.98. The second kappa shape index (κ2) is 7.91. The Morgan fingerprint density at radius 2 is 2.06 bits per heavy atom. The van der Waals surface area contributed by atoms with E-state index in [9.17, 15) is 9.59 Å². The van der Waals surface area contributed by atoms with Crippen molar-refractivity contribution >= 4 is 11.9 Å². The molecule has 0 aliphatic rings. The summed E-state index contributed by atoms with van der Waals surface area (Å²) in [6, 6.07) is 0. The third kappa shape index (κ3) is 8.03. The van der Waals surface area contributed by atoms with Gasteiger partial charge in [0.1, 0.15) is 0 Å². The molecule has 1 atom stereocenters. The van der Waals surface area contributed by atoms with Crippen LogP contribution >= 0.6 is 0 Å². The largest absolute Gasteiger partial charge is 0.478 e. The number of carbonyl (C=O) groups excluding carboxylic acids is 1. The number of carboxylic acids is 1. The van der Waals surface area contributed by atoms with Crippen molar-refractivity contribution in [3.05, 3.63) is 11.8 Å². The van der Waals surface area contributed by atoms with Crippen molar-refractivity contribution in [2.75, 3.05) is 0 Å². The Hall–Kier alpha value is -1.32. The highest BCUT2D eigenvalue weighted by atomic mass is 16.4. The zero-order valence-corrected chi connectivity index (χ0v) is 10.2. The third-order valence-electron chi connectivity index (χ3n) is 2.25. The number of allylic oxidation sites excluding steroid dienone is 1. The van der Waals surface area contributed by atoms with E-state index in [1.807, 2.05) is 0 Å². The Kier molecular flexibility index (Phi) is 7.25. The summed E-state index contributed by atoms with van der Waals surface area (Å²) in [6.45, 7) is 5.56. The van der Waals surface area contributed by atoms with Crippen LogP contribution in [0.25, 0.3) is 0 Å². The van der Waals surface area contributed by atoms with E-state index in [2.05, 4.69) is 19.2 Å². The summed E-state index contributed by atoms with van der Waals surface area (Å²) in [5.74, 6) is -0.862. The topological polar surface area (TPSA) is 66.4 Å². The average molecular weight is 227 g/mol. The normalized spacial score (nSPS) is 13.3. The standard InChI is InChI=1S/C12H21NO3/c1-4-5-6-9(2)7-11(8-12(15)16)13-10(3)14/h8-9H,4-7H2,1-3H3,(H,13,14)(H,15,16). The first kappa shape index (κ1) is 14.7. The number of hydrogen-bond acceptors (Lipinski definition) is 2. The van der Waals surface area contributed by atoms with E-state index in [1.54, 1.807) is 0 Å². The first-order valence-corrected chi connectivity index (χ1v) is 5.66. The van der Waals surface area contributed by atoms with Crippen molar-refractivity contribution in [2.45, 2.75) is 46.5 Å². The van der Waals surface area contributed by atoms with Gasteiger partial charge in [-0.1, -0.05) is 33.1 Å². The Bertz CT molecular complexity index is 271. The molecule has 0 heterocycles. The molecule has 0 aliphatic carbocycles. The van der Waals surface area contributed by atoms with Crippen LogP contribution in [0.4, 0.5) is 0 Å². The molecule has 2 N–H and O–H groups in total. The Labute approximate surface area is 96.7 Å². The molecule has 4 heteroatoms. The number of nitrogens with one attached hydrogen (secondary N) is 1. The fourth-order valence-electron chi connectivity index (χ4n) is 1.55. The lowest BCUT2D eigenvalue weighted by atomic mass is 9.98. The van der Waals surface area contributed by atoms with Crippen LogP contribution in [-0.4, -0.2) is 17.0 Å². The maximum absolute atomic E-state index is 10.9. The lowest BCUT2D eigenvalue weighted by molar-refractivity contribution is -0.131. The highest BCUT2D eigenvalue weighted by Gasteiger charge is 2.08. The van der Waals surface area contributed by atoms with Crippen LogP contribution < -0.4 is 5.32 Å². The van der Waals surface area contributed by atoms with Crippen LogP contribution in [0, 0.1) is 5.92 Å². The molecule has 0 aromatic heterocycles. The maximum Gasteiger partial charge on any atom is 0.330 e. The number of hydrogen-bond donors (Lipinski definition) is 2. The summed E-state index contributed by atoms with van der Waals surface area (Å²) in [5.41, 5.74) is 0.489. The second-order valence-electron chi connectivity index (χ2n) is 4.14. The fraction of sp³-hybridized carbons (Fsp3) is 0.667. The van der Waals surface area contributed by atoms with Crippen molar-refractivity contribution in [1.29, 1.82) is 0 Å². The number of unbranched alkanes of at least 4 members (excludes halogenated alkanes) is 1. The Morgan fingerprint density at radius 3 is 2.50 bits per heavy atom. The van der Waals surface area contributed by atoms with Crippen molar-refractivity contribution in [1.82, 2.24) is 5.32 Å². The summed E-state index contributed by atoms with van der Waals surface area (Å²) >= 11 is 0. The predicted molar refractivity (Wildman–Crippen MR) is 62.8 cm³/mol. The SMILES string of the molecule is CCCCC(C)CC(=CC(=O)O)NC(C)=O. The molecule has 0 aliphatic heterocycles. The molecule has 1 amide bonds. The monoisotopic (exact) mass is 227 g/mol. The van der Waals surface area contributed by atoms with Crippen molar-refractivity contribution in [3.63, 3.8) is 0 Å². The minimum absolute atomic E-state index is 0.227. The molecule has 16 heavy (non-hydrogen) atoms. The molecular weight excluding hydrogens is 206 g/mol. The van der Waals surface area contributed by atoms with E-state index in [0.717, 1.165) is 25.3 Å². The van der Waals surface area contributed by atoms with Gasteiger partial charge in [0.2, 0.25) is 5.91 Å². The summed E-state index contributed by atoms with van der Waals surface area (Å²) in [4.78, 5) is 21.4. The smallest absolute Gasteiger partial charge is 0.330 e. The third-order valence-corrected chi connectivity index (χ3v) is 2.25. The molecule has 0 saturated heterocycles. The quantitative estimate of drug-likeness (QED) is 0.656. The molecule has 0 aromatic carbocycles. The van der Waals surface area contributed by atoms with Gasteiger partial charge in [-0.15, -0.1) is 0 Å². The van der Waals surface area contributed by atoms with Gasteiger partial charge in [-0.2, -0.15) is 0 Å². The molecule has 0 spiro atoms. The van der Waals surface area contributed by atoms with Crippen molar-refractivity contribution in [3.8, 4) is 0 Å². The van der Waals surface area contributed by atoms with E-state index >= 15 is 0 Å². The molecule has 0 aromatic rings. The van der Waals surface area contributed by atoms with Crippen LogP contribution in [0.15, 0.2) is 11.8 Å². The highest BCUT2D eigenvalue weighted by Crippen LogP contribution is 2.15. The highest BCUT2D eigenvalue weighted by molar-refractivity contribution is 5.82. The zero-order chi connectivity index (χ0) is 12.6. The van der Waals surface area contributed by atoms with Gasteiger partial charge in [0.15, 0.2) is 0 Å². The molecule has 0 bridgehead atoms. The summed E-state index contributed by atoms with van der Waals surface area (Å²) in [5, 5.41) is 11.2. The van der Waals surface area contributed by atoms with E-state index in [4.69, 9.17) is 5.11 Å². The van der Waals surface area contributed by atoms with E-state index in [1.165, 1.54) is 6.92 Å². The predicted octanol–water partition coefficient (Wildman–Crippen LogP) is 2.31. The zero-order valence-electron chi connectivity index (χ0n) is 10.2. The van der Waals surface area contributed by atoms with Gasteiger partial charge in [0.05, 0.1) is 0 Å². The van der Waals surface area contributed by atoms with E-state index < -0.39 is 5.97 Å². The molecule has 0 fully saturated rings. The number of amides is 1. The number of carboxylic acid groups (broad SMARTS) is 1. The van der Waals surface area contributed by atoms with Gasteiger partial charge in [0.25, 0.3) is 0 Å². The summed E-state index contributed by atoms with van der Waals surface area (Å²) in [7, 11) is 0. The Morgan fingerprint density at radius 1 is 1.44 bits per heavy atom. The first-order valence-electron chi connectivity index (χ1n) is 5.66. The molecule has 0 radical (unpaired) electrons. The van der Waals surface area contributed by atoms with Gasteiger partial charge >= 0.3 is 5.97 Å². The minimum atomic E-state index is -1.02. The van der Waals surface area contributed by atoms with Crippen LogP contribution in [0.5, 0.6) is 0 Å². The Balaban J connectivity index is 4.31. The fourth-order valence-corrected chi connectivity index (χ4v) is 1.55. The number of aliphatic carboxylic acids is 1. The molecule has 0 rings (SSSR count). The summed E-state index contributed by atoms with van der Waals surface area (Å²) < 4.78 is 0. The van der Waals surface area contributed by atoms with Gasteiger partial charge in [0, 0.05) is 18.7 Å². The first-order chi connectivity index (χ1) is 7.45. The van der Waals surface area contributed by atoms with Crippen LogP contribution in [0.3, 0.4) is 0 Å². The molecule has 0 saturated carbocycles. The van der Waals surface area contributed by atoms with Gasteiger partial charge in [-0.05, 0) is 12.3 Å². The molecule has 1 unspecified atom stereocenters. The van der Waals surface area contributed by atoms with Crippen molar-refractivity contribution in [2.24, 2.45) is 5.92 Å². The van der Waals surface area contributed by atoms with Gasteiger partial charge in [-0.25, -0.2) is 4.79 Å². The average Bonchev–Trinajstić information content (AvgIpc) is 2.12. The maximum atomic E-state index is 10.9. The molecular formula is C12H21NO3. The minimum Gasteiger partial charge on any atom is -0.478 e. The number of carbonyl (C=O) groups is 2.